The van der Waals surface area contributed by atoms with Gasteiger partial charge in [-0.05, 0) is 30.0 Å². The number of aromatic nitrogens is 1. The van der Waals surface area contributed by atoms with Crippen LogP contribution >= 0.6 is 15.9 Å². The van der Waals surface area contributed by atoms with Gasteiger partial charge in [0.1, 0.15) is 0 Å². The van der Waals surface area contributed by atoms with Crippen LogP contribution in [0.15, 0.2) is 35.1 Å². The summed E-state index contributed by atoms with van der Waals surface area (Å²) in [7, 11) is 0. The van der Waals surface area contributed by atoms with Crippen LogP contribution in [0, 0.1) is 0 Å². The van der Waals surface area contributed by atoms with Crippen LogP contribution in [0.1, 0.15) is 44.0 Å². The summed E-state index contributed by atoms with van der Waals surface area (Å²) >= 11 is 3.46. The van der Waals surface area contributed by atoms with Crippen molar-refractivity contribution in [3.8, 4) is 0 Å². The minimum Gasteiger partial charge on any atom is -0.352 e. The number of hydrogen-bond donors (Lipinski definition) is 1. The summed E-state index contributed by atoms with van der Waals surface area (Å²) in [5.41, 5.74) is 0.670. The van der Waals surface area contributed by atoms with Crippen LogP contribution in [-0.2, 0) is 0 Å². The summed E-state index contributed by atoms with van der Waals surface area (Å²) in [6.45, 7) is 6.98. The number of pyridine rings is 1. The largest absolute Gasteiger partial charge is 0.352 e. The van der Waals surface area contributed by atoms with Gasteiger partial charge in [-0.1, -0.05) is 43.1 Å². The third-order valence-corrected chi connectivity index (χ3v) is 3.16. The second-order valence-electron chi connectivity index (χ2n) is 4.52. The number of nitrogens with zero attached hydrogens (tertiary/aromatic N) is 1. The molecule has 1 aromatic carbocycles. The van der Waals surface area contributed by atoms with Crippen molar-refractivity contribution in [2.75, 3.05) is 6.54 Å². The molecule has 3 nitrogen and oxygen atoms in total. The van der Waals surface area contributed by atoms with Crippen molar-refractivity contribution in [1.82, 2.24) is 10.3 Å². The first-order chi connectivity index (χ1) is 9.63. The van der Waals surface area contributed by atoms with Crippen molar-refractivity contribution in [1.29, 1.82) is 0 Å². The van der Waals surface area contributed by atoms with Gasteiger partial charge in [0.15, 0.2) is 0 Å². The summed E-state index contributed by atoms with van der Waals surface area (Å²) in [5.74, 6) is -0.0359. The monoisotopic (exact) mass is 336 g/mol. The summed E-state index contributed by atoms with van der Waals surface area (Å²) in [6, 6.07) is 5.61. The molecule has 0 aliphatic carbocycles. The first kappa shape index (κ1) is 16.6. The maximum atomic E-state index is 11.9. The number of benzene rings is 1. The van der Waals surface area contributed by atoms with Crippen LogP contribution < -0.4 is 5.32 Å². The molecule has 0 spiro atoms. The normalized spacial score (nSPS) is 9.80. The molecule has 0 aliphatic heterocycles. The number of halogens is 1. The molecule has 0 bridgehead atoms. The Morgan fingerprint density at radius 3 is 2.65 bits per heavy atom. The first-order valence-electron chi connectivity index (χ1n) is 6.95. The molecular weight excluding hydrogens is 316 g/mol. The lowest BCUT2D eigenvalue weighted by molar-refractivity contribution is 0.0953. The highest BCUT2D eigenvalue weighted by molar-refractivity contribution is 9.10. The Labute approximate surface area is 128 Å². The molecule has 0 atom stereocenters. The SMILES string of the molecule is CCC.CCCNC(=O)c1cc(Br)c2cnccc2c1. The van der Waals surface area contributed by atoms with Gasteiger partial charge >= 0.3 is 0 Å². The second-order valence-corrected chi connectivity index (χ2v) is 5.37. The van der Waals surface area contributed by atoms with E-state index in [2.05, 4.69) is 40.1 Å². The number of rotatable bonds is 3. The maximum Gasteiger partial charge on any atom is 0.251 e. The van der Waals surface area contributed by atoms with E-state index in [1.807, 2.05) is 25.1 Å². The summed E-state index contributed by atoms with van der Waals surface area (Å²) in [4.78, 5) is 15.9. The number of carbonyl (C=O) groups excluding carboxylic acids is 1. The van der Waals surface area contributed by atoms with Crippen molar-refractivity contribution in [3.63, 3.8) is 0 Å². The third-order valence-electron chi connectivity index (χ3n) is 2.50. The van der Waals surface area contributed by atoms with E-state index in [1.54, 1.807) is 12.4 Å². The fourth-order valence-corrected chi connectivity index (χ4v) is 2.20. The molecule has 0 fully saturated rings. The van der Waals surface area contributed by atoms with Crippen LogP contribution in [0.2, 0.25) is 0 Å². The van der Waals surface area contributed by atoms with E-state index in [4.69, 9.17) is 0 Å². The van der Waals surface area contributed by atoms with E-state index in [1.165, 1.54) is 6.42 Å². The predicted molar refractivity (Wildman–Crippen MR) is 88.0 cm³/mol. The van der Waals surface area contributed by atoms with Gasteiger partial charge in [0, 0.05) is 34.4 Å². The van der Waals surface area contributed by atoms with Gasteiger partial charge in [-0.25, -0.2) is 0 Å². The van der Waals surface area contributed by atoms with E-state index >= 15 is 0 Å². The van der Waals surface area contributed by atoms with Crippen LogP contribution in [0.3, 0.4) is 0 Å². The summed E-state index contributed by atoms with van der Waals surface area (Å²) in [5, 5.41) is 4.89. The third kappa shape index (κ3) is 4.60. The average Bonchev–Trinajstić information content (AvgIpc) is 2.45. The molecule has 1 aromatic heterocycles. The number of hydrogen-bond acceptors (Lipinski definition) is 2. The Morgan fingerprint density at radius 2 is 2.00 bits per heavy atom. The molecule has 0 unspecified atom stereocenters. The zero-order valence-corrected chi connectivity index (χ0v) is 13.8. The van der Waals surface area contributed by atoms with E-state index in [9.17, 15) is 4.79 Å². The average molecular weight is 337 g/mol. The van der Waals surface area contributed by atoms with Gasteiger partial charge in [0.2, 0.25) is 0 Å². The second kappa shape index (κ2) is 8.69. The molecule has 20 heavy (non-hydrogen) atoms. The zero-order valence-electron chi connectivity index (χ0n) is 12.2. The van der Waals surface area contributed by atoms with Crippen LogP contribution in [0.4, 0.5) is 0 Å². The number of carbonyl (C=O) groups is 1. The van der Waals surface area contributed by atoms with Gasteiger partial charge in [0.05, 0.1) is 0 Å². The lowest BCUT2D eigenvalue weighted by Crippen LogP contribution is -2.23. The molecule has 0 saturated heterocycles. The van der Waals surface area contributed by atoms with Gasteiger partial charge in [0.25, 0.3) is 5.91 Å². The van der Waals surface area contributed by atoms with Gasteiger partial charge in [-0.3, -0.25) is 9.78 Å². The van der Waals surface area contributed by atoms with E-state index in [0.717, 1.165) is 21.7 Å². The lowest BCUT2D eigenvalue weighted by atomic mass is 10.1. The molecule has 1 heterocycles. The minimum absolute atomic E-state index is 0.0359. The highest BCUT2D eigenvalue weighted by atomic mass is 79.9. The highest BCUT2D eigenvalue weighted by Crippen LogP contribution is 2.24. The fourth-order valence-electron chi connectivity index (χ4n) is 1.63. The quantitative estimate of drug-likeness (QED) is 0.892. The Bertz CT molecular complexity index is 569. The number of fused-ring (bicyclic) bond motifs is 1. The van der Waals surface area contributed by atoms with Crippen molar-refractivity contribution in [3.05, 3.63) is 40.6 Å². The first-order valence-corrected chi connectivity index (χ1v) is 7.74. The number of amides is 1. The van der Waals surface area contributed by atoms with Crippen molar-refractivity contribution < 1.29 is 4.79 Å². The molecule has 1 amide bonds. The van der Waals surface area contributed by atoms with Gasteiger partial charge in [-0.2, -0.15) is 0 Å². The predicted octanol–water partition coefficient (Wildman–Crippen LogP) is 4.55. The molecule has 0 saturated carbocycles. The van der Waals surface area contributed by atoms with E-state index in [0.29, 0.717) is 12.1 Å². The lowest BCUT2D eigenvalue weighted by Gasteiger charge is -2.06. The Kier molecular flexibility index (Phi) is 7.23. The minimum atomic E-state index is -0.0359. The standard InChI is InChI=1S/C13H13BrN2O.C3H8/c1-2-4-16-13(17)10-6-9-3-5-15-8-11(9)12(14)7-10;1-3-2/h3,5-8H,2,4H2,1H3,(H,16,17);3H2,1-2H3. The Hall–Kier alpha value is -1.42. The van der Waals surface area contributed by atoms with Gasteiger partial charge in [-0.15, -0.1) is 0 Å². The molecule has 4 heteroatoms. The molecule has 0 aliphatic rings. The summed E-state index contributed by atoms with van der Waals surface area (Å²) in [6.07, 6.45) is 5.69. The Balaban J connectivity index is 0.000000612. The Morgan fingerprint density at radius 1 is 1.30 bits per heavy atom. The van der Waals surface area contributed by atoms with Crippen molar-refractivity contribution >= 4 is 32.6 Å². The molecule has 1 N–H and O–H groups in total. The highest BCUT2D eigenvalue weighted by Gasteiger charge is 2.08. The van der Waals surface area contributed by atoms with E-state index < -0.39 is 0 Å². The molecule has 2 rings (SSSR count). The maximum absolute atomic E-state index is 11.9. The zero-order chi connectivity index (χ0) is 15.0. The molecule has 2 aromatic rings. The molecule has 0 radical (unpaired) electrons. The van der Waals surface area contributed by atoms with Gasteiger partial charge < -0.3 is 5.32 Å². The van der Waals surface area contributed by atoms with E-state index in [-0.39, 0.29) is 5.91 Å². The fraction of sp³-hybridized carbons (Fsp3) is 0.375. The topological polar surface area (TPSA) is 42.0 Å². The van der Waals surface area contributed by atoms with Crippen LogP contribution in [-0.4, -0.2) is 17.4 Å². The van der Waals surface area contributed by atoms with Crippen molar-refractivity contribution in [2.45, 2.75) is 33.6 Å². The molecule has 108 valence electrons. The molecular formula is C16H21BrN2O. The van der Waals surface area contributed by atoms with Crippen LogP contribution in [0.5, 0.6) is 0 Å². The number of nitrogens with one attached hydrogen (secondary N) is 1. The smallest absolute Gasteiger partial charge is 0.251 e. The van der Waals surface area contributed by atoms with Crippen LogP contribution in [0.25, 0.3) is 10.8 Å². The summed E-state index contributed by atoms with van der Waals surface area (Å²) < 4.78 is 0.893. The van der Waals surface area contributed by atoms with Crippen molar-refractivity contribution in [2.24, 2.45) is 0 Å².